The maximum Gasteiger partial charge on any atom is 0.122 e. The first-order chi connectivity index (χ1) is 8.88. The van der Waals surface area contributed by atoms with Crippen molar-refractivity contribution in [1.82, 2.24) is 5.32 Å². The van der Waals surface area contributed by atoms with E-state index >= 15 is 0 Å². The van der Waals surface area contributed by atoms with Crippen LogP contribution in [0, 0.1) is 5.92 Å². The minimum atomic E-state index is 0.545. The Bertz CT molecular complexity index is 410. The van der Waals surface area contributed by atoms with Gasteiger partial charge in [0, 0.05) is 12.5 Å². The highest BCUT2D eigenvalue weighted by atomic mass is 16.5. The van der Waals surface area contributed by atoms with Crippen molar-refractivity contribution in [2.75, 3.05) is 13.2 Å². The molecule has 0 saturated heterocycles. The van der Waals surface area contributed by atoms with Gasteiger partial charge in [0.15, 0.2) is 0 Å². The maximum atomic E-state index is 5.60. The van der Waals surface area contributed by atoms with E-state index in [-0.39, 0.29) is 0 Å². The van der Waals surface area contributed by atoms with Crippen LogP contribution in [0.2, 0.25) is 0 Å². The molecule has 1 N–H and O–H groups in total. The summed E-state index contributed by atoms with van der Waals surface area (Å²) < 4.78 is 5.60. The molecule has 1 aliphatic carbocycles. The Morgan fingerprint density at radius 2 is 2.17 bits per heavy atom. The summed E-state index contributed by atoms with van der Waals surface area (Å²) in [6.07, 6.45) is 6.64. The van der Waals surface area contributed by atoms with E-state index in [4.69, 9.17) is 4.74 Å². The van der Waals surface area contributed by atoms with Gasteiger partial charge in [-0.15, -0.1) is 0 Å². The molecule has 2 nitrogen and oxygen atoms in total. The van der Waals surface area contributed by atoms with Gasteiger partial charge in [-0.3, -0.25) is 0 Å². The molecular formula is C16H23NO. The number of fused-ring (bicyclic) bond motifs is 1. The van der Waals surface area contributed by atoms with Crippen LogP contribution in [0.25, 0.3) is 0 Å². The molecule has 2 aliphatic rings. The minimum absolute atomic E-state index is 0.545. The van der Waals surface area contributed by atoms with E-state index in [9.17, 15) is 0 Å². The highest BCUT2D eigenvalue weighted by Gasteiger charge is 2.26. The third-order valence-corrected chi connectivity index (χ3v) is 4.37. The second-order valence-electron chi connectivity index (χ2n) is 5.55. The van der Waals surface area contributed by atoms with Gasteiger partial charge in [0.1, 0.15) is 5.75 Å². The fourth-order valence-electron chi connectivity index (χ4n) is 3.47. The van der Waals surface area contributed by atoms with Crippen molar-refractivity contribution in [2.24, 2.45) is 5.92 Å². The van der Waals surface area contributed by atoms with Gasteiger partial charge < -0.3 is 10.1 Å². The maximum absolute atomic E-state index is 5.60. The van der Waals surface area contributed by atoms with Crippen LogP contribution in [0.15, 0.2) is 18.2 Å². The summed E-state index contributed by atoms with van der Waals surface area (Å²) in [5.41, 5.74) is 2.86. The van der Waals surface area contributed by atoms with E-state index in [2.05, 4.69) is 30.4 Å². The zero-order chi connectivity index (χ0) is 12.4. The molecule has 2 heteroatoms. The molecule has 1 aromatic carbocycles. The van der Waals surface area contributed by atoms with E-state index in [0.29, 0.717) is 6.04 Å². The lowest BCUT2D eigenvalue weighted by molar-refractivity contribution is 0.356. The lowest BCUT2D eigenvalue weighted by atomic mass is 9.90. The normalized spacial score (nSPS) is 20.7. The lowest BCUT2D eigenvalue weighted by Gasteiger charge is -2.25. The molecule has 1 unspecified atom stereocenters. The Morgan fingerprint density at radius 1 is 1.33 bits per heavy atom. The molecule has 0 aromatic heterocycles. The van der Waals surface area contributed by atoms with Crippen molar-refractivity contribution in [3.8, 4) is 5.75 Å². The predicted octanol–water partition coefficient (Wildman–Crippen LogP) is 3.46. The Labute approximate surface area is 110 Å². The van der Waals surface area contributed by atoms with Crippen molar-refractivity contribution in [1.29, 1.82) is 0 Å². The summed E-state index contributed by atoms with van der Waals surface area (Å²) in [5.74, 6) is 1.92. The van der Waals surface area contributed by atoms with E-state index in [1.807, 2.05) is 0 Å². The monoisotopic (exact) mass is 245 g/mol. The molecule has 98 valence electrons. The molecular weight excluding hydrogens is 222 g/mol. The zero-order valence-electron chi connectivity index (χ0n) is 11.2. The van der Waals surface area contributed by atoms with E-state index in [0.717, 1.165) is 31.2 Å². The Hall–Kier alpha value is -1.02. The van der Waals surface area contributed by atoms with Crippen LogP contribution >= 0.6 is 0 Å². The van der Waals surface area contributed by atoms with Crippen molar-refractivity contribution in [2.45, 2.75) is 45.1 Å². The predicted molar refractivity (Wildman–Crippen MR) is 74.0 cm³/mol. The summed E-state index contributed by atoms with van der Waals surface area (Å²) in [6, 6.07) is 7.34. The first kappa shape index (κ1) is 12.0. The summed E-state index contributed by atoms with van der Waals surface area (Å²) in [4.78, 5) is 0. The lowest BCUT2D eigenvalue weighted by Crippen LogP contribution is -2.27. The molecule has 1 heterocycles. The van der Waals surface area contributed by atoms with Crippen molar-refractivity contribution < 1.29 is 4.74 Å². The molecule has 1 aromatic rings. The number of nitrogens with one attached hydrogen (secondary N) is 1. The van der Waals surface area contributed by atoms with Gasteiger partial charge in [0.2, 0.25) is 0 Å². The molecule has 1 aliphatic heterocycles. The highest BCUT2D eigenvalue weighted by Crippen LogP contribution is 2.37. The van der Waals surface area contributed by atoms with E-state index < -0.39 is 0 Å². The number of hydrogen-bond acceptors (Lipinski definition) is 2. The molecule has 1 saturated carbocycles. The molecule has 18 heavy (non-hydrogen) atoms. The fraction of sp³-hybridized carbons (Fsp3) is 0.625. The molecule has 3 rings (SSSR count). The van der Waals surface area contributed by atoms with Crippen molar-refractivity contribution >= 4 is 0 Å². The second kappa shape index (κ2) is 5.31. The second-order valence-corrected chi connectivity index (χ2v) is 5.55. The van der Waals surface area contributed by atoms with E-state index in [1.165, 1.54) is 36.8 Å². The first-order valence-electron chi connectivity index (χ1n) is 7.37. The fourth-order valence-corrected chi connectivity index (χ4v) is 3.47. The van der Waals surface area contributed by atoms with Gasteiger partial charge in [-0.2, -0.15) is 0 Å². The van der Waals surface area contributed by atoms with Gasteiger partial charge >= 0.3 is 0 Å². The summed E-state index contributed by atoms with van der Waals surface area (Å²) in [7, 11) is 0. The average molecular weight is 245 g/mol. The van der Waals surface area contributed by atoms with Gasteiger partial charge in [-0.1, -0.05) is 31.9 Å². The van der Waals surface area contributed by atoms with E-state index in [1.54, 1.807) is 0 Å². The molecule has 1 atom stereocenters. The SMILES string of the molecule is CCNC(c1ccc2c(c1)CCO2)C1CCCC1. The molecule has 0 spiro atoms. The third kappa shape index (κ3) is 2.26. The summed E-state index contributed by atoms with van der Waals surface area (Å²) in [6.45, 7) is 4.11. The van der Waals surface area contributed by atoms with Crippen LogP contribution < -0.4 is 10.1 Å². The van der Waals surface area contributed by atoms with Gasteiger partial charge in [-0.05, 0) is 42.5 Å². The third-order valence-electron chi connectivity index (χ3n) is 4.37. The van der Waals surface area contributed by atoms with Gasteiger partial charge in [0.25, 0.3) is 0 Å². The molecule has 0 radical (unpaired) electrons. The molecule has 0 bridgehead atoms. The quantitative estimate of drug-likeness (QED) is 0.877. The standard InChI is InChI=1S/C16H23NO/c1-2-17-16(12-5-3-4-6-12)14-7-8-15-13(11-14)9-10-18-15/h7-8,11-12,16-17H,2-6,9-10H2,1H3. The highest BCUT2D eigenvalue weighted by molar-refractivity contribution is 5.41. The smallest absolute Gasteiger partial charge is 0.122 e. The first-order valence-corrected chi connectivity index (χ1v) is 7.37. The molecule has 0 amide bonds. The van der Waals surface area contributed by atoms with Crippen molar-refractivity contribution in [3.63, 3.8) is 0 Å². The topological polar surface area (TPSA) is 21.3 Å². The van der Waals surface area contributed by atoms with Crippen LogP contribution in [0.1, 0.15) is 49.8 Å². The summed E-state index contributed by atoms with van der Waals surface area (Å²) in [5, 5.41) is 3.69. The average Bonchev–Trinajstić information content (AvgIpc) is 3.05. The van der Waals surface area contributed by atoms with Crippen LogP contribution in [0.3, 0.4) is 0 Å². The van der Waals surface area contributed by atoms with Crippen LogP contribution in [0.5, 0.6) is 5.75 Å². The van der Waals surface area contributed by atoms with Crippen molar-refractivity contribution in [3.05, 3.63) is 29.3 Å². The number of ether oxygens (including phenoxy) is 1. The Morgan fingerprint density at radius 3 is 2.94 bits per heavy atom. The number of rotatable bonds is 4. The van der Waals surface area contributed by atoms with Crippen LogP contribution in [-0.4, -0.2) is 13.2 Å². The Kier molecular flexibility index (Phi) is 3.55. The van der Waals surface area contributed by atoms with Gasteiger partial charge in [0.05, 0.1) is 6.61 Å². The number of hydrogen-bond donors (Lipinski definition) is 1. The zero-order valence-corrected chi connectivity index (χ0v) is 11.2. The van der Waals surface area contributed by atoms with Gasteiger partial charge in [-0.25, -0.2) is 0 Å². The minimum Gasteiger partial charge on any atom is -0.493 e. The van der Waals surface area contributed by atoms with Crippen LogP contribution in [-0.2, 0) is 6.42 Å². The summed E-state index contributed by atoms with van der Waals surface area (Å²) >= 11 is 0. The van der Waals surface area contributed by atoms with Crippen LogP contribution in [0.4, 0.5) is 0 Å². The largest absolute Gasteiger partial charge is 0.493 e. The molecule has 1 fully saturated rings. The number of benzene rings is 1. The Balaban J connectivity index is 1.84.